The Labute approximate surface area is 156 Å². The van der Waals surface area contributed by atoms with E-state index in [9.17, 15) is 14.4 Å². The Balaban J connectivity index is 1.78. The molecule has 0 aliphatic carbocycles. The molecular formula is C20H20N2O5. The van der Waals surface area contributed by atoms with Gasteiger partial charge in [-0.15, -0.1) is 0 Å². The Hall–Kier alpha value is -3.35. The molecule has 27 heavy (non-hydrogen) atoms. The molecule has 1 heterocycles. The summed E-state index contributed by atoms with van der Waals surface area (Å²) in [6.45, 7) is -0.0322. The van der Waals surface area contributed by atoms with Gasteiger partial charge in [0.1, 0.15) is 11.8 Å². The van der Waals surface area contributed by atoms with Crippen LogP contribution in [0.25, 0.3) is 0 Å². The summed E-state index contributed by atoms with van der Waals surface area (Å²) in [6, 6.07) is 13.4. The summed E-state index contributed by atoms with van der Waals surface area (Å²) in [5, 5.41) is 0. The Morgan fingerprint density at radius 3 is 2.44 bits per heavy atom. The van der Waals surface area contributed by atoms with Crippen molar-refractivity contribution >= 4 is 17.8 Å². The summed E-state index contributed by atoms with van der Waals surface area (Å²) >= 11 is 0. The van der Waals surface area contributed by atoms with E-state index in [4.69, 9.17) is 15.2 Å². The van der Waals surface area contributed by atoms with Gasteiger partial charge in [0.15, 0.2) is 6.61 Å². The molecule has 0 spiro atoms. The molecule has 2 aromatic rings. The van der Waals surface area contributed by atoms with E-state index in [1.54, 1.807) is 18.2 Å². The van der Waals surface area contributed by atoms with Gasteiger partial charge < -0.3 is 20.1 Å². The SMILES string of the molecule is COC(=O)[C@@H]1Cc2ccccc2CN1C(=O)COc1ccccc1C(N)=O. The normalized spacial score (nSPS) is 15.6. The molecule has 0 aromatic heterocycles. The number of para-hydroxylation sites is 1. The van der Waals surface area contributed by atoms with Crippen LogP contribution in [0.3, 0.4) is 0 Å². The second-order valence-corrected chi connectivity index (χ2v) is 6.18. The average Bonchev–Trinajstić information content (AvgIpc) is 2.70. The molecule has 0 unspecified atom stereocenters. The van der Waals surface area contributed by atoms with Gasteiger partial charge in [-0.25, -0.2) is 4.79 Å². The van der Waals surface area contributed by atoms with Crippen molar-refractivity contribution in [2.24, 2.45) is 5.73 Å². The van der Waals surface area contributed by atoms with Crippen molar-refractivity contribution in [2.45, 2.75) is 19.0 Å². The number of benzene rings is 2. The third-order valence-electron chi connectivity index (χ3n) is 4.55. The van der Waals surface area contributed by atoms with Crippen LogP contribution in [0, 0.1) is 0 Å². The lowest BCUT2D eigenvalue weighted by Crippen LogP contribution is -2.50. The second kappa shape index (κ2) is 7.90. The fourth-order valence-corrected chi connectivity index (χ4v) is 3.15. The number of hydrogen-bond donors (Lipinski definition) is 1. The first-order chi connectivity index (χ1) is 13.0. The zero-order chi connectivity index (χ0) is 19.4. The van der Waals surface area contributed by atoms with E-state index in [0.29, 0.717) is 6.42 Å². The van der Waals surface area contributed by atoms with E-state index in [1.165, 1.54) is 18.1 Å². The molecule has 2 N–H and O–H groups in total. The second-order valence-electron chi connectivity index (χ2n) is 6.18. The smallest absolute Gasteiger partial charge is 0.328 e. The molecule has 140 valence electrons. The lowest BCUT2D eigenvalue weighted by Gasteiger charge is -2.35. The molecule has 0 bridgehead atoms. The van der Waals surface area contributed by atoms with Crippen molar-refractivity contribution in [3.05, 3.63) is 65.2 Å². The van der Waals surface area contributed by atoms with Crippen LogP contribution in [0.15, 0.2) is 48.5 Å². The van der Waals surface area contributed by atoms with Crippen LogP contribution in [0.1, 0.15) is 21.5 Å². The molecule has 1 atom stereocenters. The van der Waals surface area contributed by atoms with E-state index in [0.717, 1.165) is 11.1 Å². The molecule has 7 heteroatoms. The quantitative estimate of drug-likeness (QED) is 0.802. The van der Waals surface area contributed by atoms with Crippen LogP contribution in [-0.4, -0.2) is 42.4 Å². The van der Waals surface area contributed by atoms with Gasteiger partial charge in [-0.2, -0.15) is 0 Å². The molecule has 1 aliphatic rings. The zero-order valence-electron chi connectivity index (χ0n) is 14.9. The Morgan fingerprint density at radius 2 is 1.74 bits per heavy atom. The standard InChI is InChI=1S/C20H20N2O5/c1-26-20(25)16-10-13-6-2-3-7-14(13)11-22(16)18(23)12-27-17-9-5-4-8-15(17)19(21)24/h2-9,16H,10-12H2,1H3,(H2,21,24)/t16-/m0/s1. The molecule has 0 saturated carbocycles. The van der Waals surface area contributed by atoms with E-state index < -0.39 is 17.9 Å². The van der Waals surface area contributed by atoms with Crippen molar-refractivity contribution in [2.75, 3.05) is 13.7 Å². The minimum atomic E-state index is -0.715. The number of esters is 1. The van der Waals surface area contributed by atoms with Crippen LogP contribution in [0.5, 0.6) is 5.75 Å². The topological polar surface area (TPSA) is 98.9 Å². The number of hydrogen-bond acceptors (Lipinski definition) is 5. The Morgan fingerprint density at radius 1 is 1.07 bits per heavy atom. The largest absolute Gasteiger partial charge is 0.483 e. The minimum Gasteiger partial charge on any atom is -0.483 e. The highest BCUT2D eigenvalue weighted by Gasteiger charge is 2.35. The number of nitrogens with two attached hydrogens (primary N) is 1. The first kappa shape index (κ1) is 18.4. The van der Waals surface area contributed by atoms with Crippen molar-refractivity contribution < 1.29 is 23.9 Å². The number of methoxy groups -OCH3 is 1. The third-order valence-corrected chi connectivity index (χ3v) is 4.55. The Kier molecular flexibility index (Phi) is 5.40. The molecule has 0 radical (unpaired) electrons. The highest BCUT2D eigenvalue weighted by Crippen LogP contribution is 2.25. The molecule has 3 rings (SSSR count). The summed E-state index contributed by atoms with van der Waals surface area (Å²) in [6.07, 6.45) is 0.381. The van der Waals surface area contributed by atoms with Crippen molar-refractivity contribution in [3.8, 4) is 5.75 Å². The van der Waals surface area contributed by atoms with Gasteiger partial charge in [0, 0.05) is 13.0 Å². The van der Waals surface area contributed by atoms with Crippen molar-refractivity contribution in [1.29, 1.82) is 0 Å². The van der Waals surface area contributed by atoms with Gasteiger partial charge >= 0.3 is 5.97 Å². The van der Waals surface area contributed by atoms with E-state index in [-0.39, 0.29) is 30.4 Å². The fraction of sp³-hybridized carbons (Fsp3) is 0.250. The molecular weight excluding hydrogens is 348 g/mol. The highest BCUT2D eigenvalue weighted by atomic mass is 16.5. The zero-order valence-corrected chi connectivity index (χ0v) is 14.9. The molecule has 0 fully saturated rings. The summed E-state index contributed by atoms with van der Waals surface area (Å²) in [5.74, 6) is -1.27. The van der Waals surface area contributed by atoms with Crippen molar-refractivity contribution in [3.63, 3.8) is 0 Å². The Bertz CT molecular complexity index is 880. The first-order valence-electron chi connectivity index (χ1n) is 8.47. The number of rotatable bonds is 5. The summed E-state index contributed by atoms with van der Waals surface area (Å²) < 4.78 is 10.4. The molecule has 2 aromatic carbocycles. The first-order valence-corrected chi connectivity index (χ1v) is 8.47. The minimum absolute atomic E-state index is 0.193. The summed E-state index contributed by atoms with van der Waals surface area (Å²) in [5.41, 5.74) is 7.50. The lowest BCUT2D eigenvalue weighted by molar-refractivity contribution is -0.154. The van der Waals surface area contributed by atoms with Gasteiger partial charge in [-0.3, -0.25) is 9.59 Å². The maximum Gasteiger partial charge on any atom is 0.328 e. The molecule has 2 amide bonds. The number of fused-ring (bicyclic) bond motifs is 1. The number of nitrogens with zero attached hydrogens (tertiary/aromatic N) is 1. The number of carbonyl (C=O) groups excluding carboxylic acids is 3. The van der Waals surface area contributed by atoms with Crippen LogP contribution in [0.4, 0.5) is 0 Å². The molecule has 0 saturated heterocycles. The van der Waals surface area contributed by atoms with E-state index in [2.05, 4.69) is 0 Å². The fourth-order valence-electron chi connectivity index (χ4n) is 3.15. The van der Waals surface area contributed by atoms with Gasteiger partial charge in [-0.1, -0.05) is 36.4 Å². The van der Waals surface area contributed by atoms with Crippen molar-refractivity contribution in [1.82, 2.24) is 4.90 Å². The lowest BCUT2D eigenvalue weighted by atomic mass is 9.94. The number of carbonyl (C=O) groups is 3. The summed E-state index contributed by atoms with van der Waals surface area (Å²) in [7, 11) is 1.30. The number of amides is 2. The van der Waals surface area contributed by atoms with Crippen LogP contribution >= 0.6 is 0 Å². The number of primary amides is 1. The van der Waals surface area contributed by atoms with Crippen LogP contribution in [-0.2, 0) is 27.3 Å². The highest BCUT2D eigenvalue weighted by molar-refractivity contribution is 5.95. The van der Waals surface area contributed by atoms with Gasteiger partial charge in [0.05, 0.1) is 12.7 Å². The number of ether oxygens (including phenoxy) is 2. The van der Waals surface area contributed by atoms with Gasteiger partial charge in [-0.05, 0) is 23.3 Å². The van der Waals surface area contributed by atoms with Gasteiger partial charge in [0.2, 0.25) is 0 Å². The van der Waals surface area contributed by atoms with E-state index >= 15 is 0 Å². The predicted molar refractivity (Wildman–Crippen MR) is 97.0 cm³/mol. The van der Waals surface area contributed by atoms with Crippen LogP contribution < -0.4 is 10.5 Å². The maximum absolute atomic E-state index is 12.8. The molecule has 1 aliphatic heterocycles. The monoisotopic (exact) mass is 368 g/mol. The third kappa shape index (κ3) is 3.92. The van der Waals surface area contributed by atoms with E-state index in [1.807, 2.05) is 24.3 Å². The molecule has 7 nitrogen and oxygen atoms in total. The average molecular weight is 368 g/mol. The maximum atomic E-state index is 12.8. The summed E-state index contributed by atoms with van der Waals surface area (Å²) in [4.78, 5) is 37.9. The van der Waals surface area contributed by atoms with Crippen LogP contribution in [0.2, 0.25) is 0 Å². The predicted octanol–water partition coefficient (Wildman–Crippen LogP) is 1.29. The van der Waals surface area contributed by atoms with Gasteiger partial charge in [0.25, 0.3) is 11.8 Å².